The van der Waals surface area contributed by atoms with Crippen molar-refractivity contribution in [2.24, 2.45) is 0 Å². The third-order valence-electron chi connectivity index (χ3n) is 6.23. The van der Waals surface area contributed by atoms with Crippen LogP contribution in [0.15, 0.2) is 72.8 Å². The van der Waals surface area contributed by atoms with Crippen LogP contribution in [-0.4, -0.2) is 31.9 Å². The zero-order chi connectivity index (χ0) is 24.5. The molecule has 1 unspecified atom stereocenters. The zero-order valence-electron chi connectivity index (χ0n) is 20.6. The Bertz CT molecular complexity index is 1050. The first-order valence-electron chi connectivity index (χ1n) is 12.5. The molecule has 35 heavy (non-hydrogen) atoms. The molecular weight excluding hydrogens is 440 g/mol. The van der Waals surface area contributed by atoms with Gasteiger partial charge in [0.05, 0.1) is 13.2 Å². The largest absolute Gasteiger partial charge is 0.494 e. The van der Waals surface area contributed by atoms with E-state index in [1.54, 1.807) is 6.92 Å². The molecule has 3 aromatic rings. The average Bonchev–Trinajstić information content (AvgIpc) is 2.88. The van der Waals surface area contributed by atoms with Crippen LogP contribution in [0, 0.1) is 0 Å². The highest BCUT2D eigenvalue weighted by Crippen LogP contribution is 2.45. The molecule has 0 bridgehead atoms. The first-order valence-corrected chi connectivity index (χ1v) is 12.5. The second kappa shape index (κ2) is 12.4. The van der Waals surface area contributed by atoms with Gasteiger partial charge in [-0.3, -0.25) is 0 Å². The van der Waals surface area contributed by atoms with Crippen LogP contribution in [0.2, 0.25) is 0 Å². The van der Waals surface area contributed by atoms with Gasteiger partial charge in [0, 0.05) is 30.1 Å². The third kappa shape index (κ3) is 6.43. The van der Waals surface area contributed by atoms with E-state index < -0.39 is 6.10 Å². The minimum Gasteiger partial charge on any atom is -0.494 e. The van der Waals surface area contributed by atoms with E-state index in [9.17, 15) is 4.79 Å². The molecule has 0 N–H and O–H groups in total. The highest BCUT2D eigenvalue weighted by molar-refractivity contribution is 5.75. The number of rotatable bonds is 12. The molecule has 1 aliphatic rings. The normalized spacial score (nSPS) is 13.3. The van der Waals surface area contributed by atoms with Crippen molar-refractivity contribution >= 4 is 5.97 Å². The summed E-state index contributed by atoms with van der Waals surface area (Å²) in [6.07, 6.45) is 2.99. The summed E-state index contributed by atoms with van der Waals surface area (Å²) in [5, 5.41) is 0. The average molecular weight is 475 g/mol. The number of hydrogen-bond donors (Lipinski definition) is 0. The lowest BCUT2D eigenvalue weighted by Crippen LogP contribution is -2.28. The van der Waals surface area contributed by atoms with Crippen LogP contribution in [0.1, 0.15) is 55.7 Å². The van der Waals surface area contributed by atoms with Crippen molar-refractivity contribution in [1.29, 1.82) is 0 Å². The lowest BCUT2D eigenvalue weighted by Gasteiger charge is -2.28. The number of para-hydroxylation sites is 2. The Morgan fingerprint density at radius 1 is 0.857 bits per heavy atom. The Balaban J connectivity index is 1.26. The summed E-state index contributed by atoms with van der Waals surface area (Å²) in [4.78, 5) is 12.1. The fourth-order valence-corrected chi connectivity index (χ4v) is 4.54. The van der Waals surface area contributed by atoms with Crippen LogP contribution in [0.3, 0.4) is 0 Å². The van der Waals surface area contributed by atoms with E-state index in [4.69, 9.17) is 18.9 Å². The molecule has 5 nitrogen and oxygen atoms in total. The molecule has 1 atom stereocenters. The molecule has 0 saturated heterocycles. The number of esters is 1. The van der Waals surface area contributed by atoms with Crippen molar-refractivity contribution in [3.63, 3.8) is 0 Å². The Hall–Kier alpha value is -3.31. The second-order valence-corrected chi connectivity index (χ2v) is 8.62. The van der Waals surface area contributed by atoms with Gasteiger partial charge >= 0.3 is 5.97 Å². The molecule has 4 rings (SSSR count). The van der Waals surface area contributed by atoms with E-state index in [1.165, 1.54) is 11.1 Å². The summed E-state index contributed by atoms with van der Waals surface area (Å²) >= 11 is 0. The van der Waals surface area contributed by atoms with Crippen molar-refractivity contribution in [3.8, 4) is 17.2 Å². The minimum absolute atomic E-state index is 0.315. The van der Waals surface area contributed by atoms with E-state index in [2.05, 4.69) is 24.3 Å². The molecule has 1 heterocycles. The molecule has 5 heteroatoms. The van der Waals surface area contributed by atoms with Crippen molar-refractivity contribution in [3.05, 3.63) is 89.5 Å². The molecule has 0 saturated carbocycles. The van der Waals surface area contributed by atoms with Crippen LogP contribution in [0.5, 0.6) is 17.2 Å². The van der Waals surface area contributed by atoms with Crippen molar-refractivity contribution in [2.75, 3.05) is 19.8 Å². The van der Waals surface area contributed by atoms with Crippen molar-refractivity contribution in [2.45, 2.75) is 51.6 Å². The predicted octanol–water partition coefficient (Wildman–Crippen LogP) is 6.68. The summed E-state index contributed by atoms with van der Waals surface area (Å²) < 4.78 is 22.8. The van der Waals surface area contributed by atoms with E-state index in [0.29, 0.717) is 32.2 Å². The first-order chi connectivity index (χ1) is 17.2. The second-order valence-electron chi connectivity index (χ2n) is 8.62. The van der Waals surface area contributed by atoms with Crippen LogP contribution < -0.4 is 9.47 Å². The van der Waals surface area contributed by atoms with Crippen LogP contribution >= 0.6 is 0 Å². The van der Waals surface area contributed by atoms with Crippen LogP contribution in [-0.2, 0) is 20.7 Å². The van der Waals surface area contributed by atoms with Gasteiger partial charge in [0.15, 0.2) is 6.10 Å². The molecular formula is C30H34O5. The number of fused-ring (bicyclic) bond motifs is 2. The number of ether oxygens (including phenoxy) is 4. The Morgan fingerprint density at radius 3 is 2.14 bits per heavy atom. The highest BCUT2D eigenvalue weighted by Gasteiger charge is 2.26. The maximum absolute atomic E-state index is 12.1. The number of hydrogen-bond acceptors (Lipinski definition) is 5. The maximum atomic E-state index is 12.1. The molecule has 0 fully saturated rings. The summed E-state index contributed by atoms with van der Waals surface area (Å²) in [5.74, 6) is 2.78. The number of carbonyl (C=O) groups is 1. The van der Waals surface area contributed by atoms with Gasteiger partial charge in [0.25, 0.3) is 0 Å². The number of benzene rings is 3. The van der Waals surface area contributed by atoms with Gasteiger partial charge in [-0.1, -0.05) is 48.5 Å². The topological polar surface area (TPSA) is 54.0 Å². The molecule has 3 aromatic carbocycles. The minimum atomic E-state index is -0.577. The Kier molecular flexibility index (Phi) is 8.79. The molecule has 0 amide bonds. The van der Waals surface area contributed by atoms with Gasteiger partial charge in [0.1, 0.15) is 17.2 Å². The Morgan fingerprint density at radius 2 is 1.51 bits per heavy atom. The molecule has 0 aliphatic carbocycles. The SMILES string of the molecule is CCOC(=O)C(Cc1ccc(OCCCCC2c3ccccc3Oc3ccccc32)cc1)OCC. The molecule has 0 aromatic heterocycles. The Labute approximate surface area is 208 Å². The number of unbranched alkanes of at least 4 members (excludes halogenated alkanes) is 1. The summed E-state index contributed by atoms with van der Waals surface area (Å²) in [6, 6.07) is 24.5. The maximum Gasteiger partial charge on any atom is 0.335 e. The number of carbonyl (C=O) groups excluding carboxylic acids is 1. The smallest absolute Gasteiger partial charge is 0.335 e. The standard InChI is InChI=1S/C30H34O5/c1-3-32-29(30(31)33-4-2)21-22-16-18-23(19-17-22)34-20-10-9-11-24-25-12-5-7-14-27(25)35-28-15-8-6-13-26(24)28/h5-8,12-19,24,29H,3-4,9-11,20-21H2,1-2H3. The van der Waals surface area contributed by atoms with Crippen molar-refractivity contribution in [1.82, 2.24) is 0 Å². The monoisotopic (exact) mass is 474 g/mol. The predicted molar refractivity (Wildman–Crippen MR) is 136 cm³/mol. The molecule has 0 radical (unpaired) electrons. The summed E-state index contributed by atoms with van der Waals surface area (Å²) in [6.45, 7) is 5.16. The summed E-state index contributed by atoms with van der Waals surface area (Å²) in [5.41, 5.74) is 3.53. The fraction of sp³-hybridized carbons (Fsp3) is 0.367. The van der Waals surface area contributed by atoms with Gasteiger partial charge < -0.3 is 18.9 Å². The van der Waals surface area contributed by atoms with Gasteiger partial charge in [-0.05, 0) is 62.9 Å². The van der Waals surface area contributed by atoms with E-state index in [-0.39, 0.29) is 5.97 Å². The van der Waals surface area contributed by atoms with Crippen molar-refractivity contribution < 1.29 is 23.7 Å². The molecule has 0 spiro atoms. The van der Waals surface area contributed by atoms with E-state index in [0.717, 1.165) is 42.1 Å². The van der Waals surface area contributed by atoms with Gasteiger partial charge in [-0.25, -0.2) is 4.79 Å². The molecule has 1 aliphatic heterocycles. The van der Waals surface area contributed by atoms with E-state index >= 15 is 0 Å². The lowest BCUT2D eigenvalue weighted by atomic mass is 9.84. The summed E-state index contributed by atoms with van der Waals surface area (Å²) in [7, 11) is 0. The quantitative estimate of drug-likeness (QED) is 0.216. The molecule has 184 valence electrons. The van der Waals surface area contributed by atoms with Crippen LogP contribution in [0.4, 0.5) is 0 Å². The van der Waals surface area contributed by atoms with Gasteiger partial charge in [-0.15, -0.1) is 0 Å². The van der Waals surface area contributed by atoms with Gasteiger partial charge in [0.2, 0.25) is 0 Å². The first kappa shape index (κ1) is 24.8. The lowest BCUT2D eigenvalue weighted by molar-refractivity contribution is -0.156. The van der Waals surface area contributed by atoms with E-state index in [1.807, 2.05) is 55.5 Å². The van der Waals surface area contributed by atoms with Gasteiger partial charge in [-0.2, -0.15) is 0 Å². The van der Waals surface area contributed by atoms with Crippen LogP contribution in [0.25, 0.3) is 0 Å². The fourth-order valence-electron chi connectivity index (χ4n) is 4.54. The highest BCUT2D eigenvalue weighted by atomic mass is 16.6. The zero-order valence-corrected chi connectivity index (χ0v) is 20.6. The third-order valence-corrected chi connectivity index (χ3v) is 6.23.